The topological polar surface area (TPSA) is 139 Å². The van der Waals surface area contributed by atoms with Crippen LogP contribution < -0.4 is 15.8 Å². The van der Waals surface area contributed by atoms with E-state index < -0.39 is 22.0 Å². The molecule has 0 aromatic heterocycles. The monoisotopic (exact) mass is 321 g/mol. The summed E-state index contributed by atoms with van der Waals surface area (Å²) < 4.78 is 26.0. The summed E-state index contributed by atoms with van der Waals surface area (Å²) in [4.78, 5) is 20.9. The predicted molar refractivity (Wildman–Crippen MR) is 71.2 cm³/mol. The summed E-state index contributed by atoms with van der Waals surface area (Å²) >= 11 is 5.75. The van der Waals surface area contributed by atoms with E-state index in [-0.39, 0.29) is 28.6 Å². The van der Waals surface area contributed by atoms with Gasteiger partial charge in [-0.15, -0.1) is 0 Å². The summed E-state index contributed by atoms with van der Waals surface area (Å²) in [7, 11) is -3.98. The quantitative estimate of drug-likeness (QED) is 0.545. The van der Waals surface area contributed by atoms with Crippen LogP contribution in [0.5, 0.6) is 0 Å². The average Bonchev–Trinajstić information content (AvgIpc) is 2.34. The summed E-state index contributed by atoms with van der Waals surface area (Å²) in [6.07, 6.45) is 0. The number of benzene rings is 1. The van der Waals surface area contributed by atoms with Crippen LogP contribution in [0.25, 0.3) is 0 Å². The largest absolute Gasteiger partial charge is 0.478 e. The maximum absolute atomic E-state index is 11.9. The zero-order chi connectivity index (χ0) is 15.3. The Morgan fingerprint density at radius 2 is 1.95 bits per heavy atom. The Morgan fingerprint density at radius 1 is 1.30 bits per heavy atom. The Balaban J connectivity index is 2.89. The molecular formula is C10H12ClN3O5S. The van der Waals surface area contributed by atoms with Crippen molar-refractivity contribution in [1.29, 1.82) is 0 Å². The third-order valence-electron chi connectivity index (χ3n) is 2.18. The fraction of sp³-hybridized carbons (Fsp3) is 0.200. The Hall–Kier alpha value is -1.84. The van der Waals surface area contributed by atoms with E-state index in [0.717, 1.165) is 6.07 Å². The number of carboxylic acids is 1. The molecule has 110 valence electrons. The zero-order valence-corrected chi connectivity index (χ0v) is 11.7. The molecule has 1 rings (SSSR count). The number of urea groups is 1. The van der Waals surface area contributed by atoms with Gasteiger partial charge in [-0.1, -0.05) is 11.6 Å². The minimum atomic E-state index is -3.98. The number of aromatic carboxylic acids is 1. The molecule has 0 radical (unpaired) electrons. The number of nitrogens with one attached hydrogen (secondary N) is 2. The first-order valence-corrected chi connectivity index (χ1v) is 7.16. The van der Waals surface area contributed by atoms with Gasteiger partial charge >= 0.3 is 12.0 Å². The molecule has 1 aromatic rings. The number of nitrogens with two attached hydrogens (primary N) is 1. The Bertz CT molecular complexity index is 632. The van der Waals surface area contributed by atoms with E-state index in [4.69, 9.17) is 22.4 Å². The van der Waals surface area contributed by atoms with Gasteiger partial charge in [-0.25, -0.2) is 22.7 Å². The van der Waals surface area contributed by atoms with Crippen molar-refractivity contribution in [2.24, 2.45) is 5.73 Å². The molecule has 0 aliphatic heterocycles. The highest BCUT2D eigenvalue weighted by atomic mass is 35.5. The summed E-state index contributed by atoms with van der Waals surface area (Å²) in [6, 6.07) is 2.55. The van der Waals surface area contributed by atoms with Crippen LogP contribution in [0.3, 0.4) is 0 Å². The SMILES string of the molecule is NC(=O)NCCNS(=O)(=O)c1cc(C(=O)O)ccc1Cl. The van der Waals surface area contributed by atoms with Gasteiger partial charge in [0.15, 0.2) is 0 Å². The summed E-state index contributed by atoms with van der Waals surface area (Å²) in [6.45, 7) is -0.121. The maximum Gasteiger partial charge on any atom is 0.335 e. The van der Waals surface area contributed by atoms with Gasteiger partial charge in [0.05, 0.1) is 10.6 Å². The molecular weight excluding hydrogens is 310 g/mol. The highest BCUT2D eigenvalue weighted by Crippen LogP contribution is 2.22. The van der Waals surface area contributed by atoms with Crippen molar-refractivity contribution < 1.29 is 23.1 Å². The van der Waals surface area contributed by atoms with Gasteiger partial charge < -0.3 is 16.2 Å². The van der Waals surface area contributed by atoms with Crippen molar-refractivity contribution in [3.05, 3.63) is 28.8 Å². The van der Waals surface area contributed by atoms with Crippen LogP contribution in [0.2, 0.25) is 5.02 Å². The van der Waals surface area contributed by atoms with E-state index in [1.807, 2.05) is 0 Å². The molecule has 0 atom stereocenters. The van der Waals surface area contributed by atoms with Crippen LogP contribution >= 0.6 is 11.6 Å². The number of hydrogen-bond acceptors (Lipinski definition) is 4. The van der Waals surface area contributed by atoms with Crippen LogP contribution in [0.4, 0.5) is 4.79 Å². The van der Waals surface area contributed by atoms with Crippen molar-refractivity contribution in [3.63, 3.8) is 0 Å². The summed E-state index contributed by atoms with van der Waals surface area (Å²) in [5.41, 5.74) is 4.61. The number of hydrogen-bond donors (Lipinski definition) is 4. The number of rotatable bonds is 6. The second kappa shape index (κ2) is 6.55. The lowest BCUT2D eigenvalue weighted by atomic mass is 10.2. The first-order valence-electron chi connectivity index (χ1n) is 5.30. The van der Waals surface area contributed by atoms with Gasteiger partial charge in [-0.05, 0) is 18.2 Å². The first-order chi connectivity index (χ1) is 9.24. The summed E-state index contributed by atoms with van der Waals surface area (Å²) in [5.74, 6) is -1.27. The second-order valence-corrected chi connectivity index (χ2v) is 5.78. The molecule has 0 spiro atoms. The molecule has 0 saturated carbocycles. The molecule has 0 bridgehead atoms. The third kappa shape index (κ3) is 4.37. The van der Waals surface area contributed by atoms with Crippen molar-refractivity contribution >= 4 is 33.6 Å². The number of amides is 2. The second-order valence-electron chi connectivity index (χ2n) is 3.64. The van der Waals surface area contributed by atoms with Gasteiger partial charge in [-0.2, -0.15) is 0 Å². The first kappa shape index (κ1) is 16.2. The van der Waals surface area contributed by atoms with Gasteiger partial charge in [-0.3, -0.25) is 0 Å². The molecule has 2 amide bonds. The van der Waals surface area contributed by atoms with Crippen molar-refractivity contribution in [1.82, 2.24) is 10.0 Å². The van der Waals surface area contributed by atoms with Crippen molar-refractivity contribution in [3.8, 4) is 0 Å². The highest BCUT2D eigenvalue weighted by molar-refractivity contribution is 7.89. The number of carboxylic acid groups (broad SMARTS) is 1. The smallest absolute Gasteiger partial charge is 0.335 e. The average molecular weight is 322 g/mol. The zero-order valence-electron chi connectivity index (χ0n) is 10.1. The molecule has 0 unspecified atom stereocenters. The molecule has 10 heteroatoms. The number of carbonyl (C=O) groups excluding carboxylic acids is 1. The fourth-order valence-corrected chi connectivity index (χ4v) is 2.85. The molecule has 5 N–H and O–H groups in total. The number of sulfonamides is 1. The van der Waals surface area contributed by atoms with Gasteiger partial charge in [0.1, 0.15) is 4.90 Å². The van der Waals surface area contributed by atoms with Crippen LogP contribution in [0, 0.1) is 0 Å². The van der Waals surface area contributed by atoms with Crippen LogP contribution in [0.15, 0.2) is 23.1 Å². The minimum Gasteiger partial charge on any atom is -0.478 e. The lowest BCUT2D eigenvalue weighted by Gasteiger charge is -2.09. The molecule has 0 aliphatic rings. The Labute approximate surface area is 120 Å². The van der Waals surface area contributed by atoms with Crippen LogP contribution in [-0.4, -0.2) is 38.6 Å². The number of carbonyl (C=O) groups is 2. The third-order valence-corrected chi connectivity index (χ3v) is 4.13. The molecule has 0 heterocycles. The standard InChI is InChI=1S/C10H12ClN3O5S/c11-7-2-1-6(9(15)16)5-8(7)20(18,19)14-4-3-13-10(12)17/h1-2,5,14H,3-4H2,(H,15,16)(H3,12,13,17). The van der Waals surface area contributed by atoms with Crippen molar-refractivity contribution in [2.75, 3.05) is 13.1 Å². The Kier molecular flexibility index (Phi) is 5.31. The van der Waals surface area contributed by atoms with Gasteiger partial charge in [0.25, 0.3) is 0 Å². The molecule has 1 aromatic carbocycles. The lowest BCUT2D eigenvalue weighted by molar-refractivity contribution is 0.0696. The molecule has 0 fully saturated rings. The van der Waals surface area contributed by atoms with E-state index in [2.05, 4.69) is 10.0 Å². The van der Waals surface area contributed by atoms with E-state index in [1.54, 1.807) is 0 Å². The molecule has 0 aliphatic carbocycles. The van der Waals surface area contributed by atoms with Crippen LogP contribution in [0.1, 0.15) is 10.4 Å². The number of halogens is 1. The normalized spacial score (nSPS) is 11.1. The highest BCUT2D eigenvalue weighted by Gasteiger charge is 2.19. The maximum atomic E-state index is 11.9. The number of primary amides is 1. The van der Waals surface area contributed by atoms with E-state index in [9.17, 15) is 18.0 Å². The minimum absolute atomic E-state index is 0.00912. The fourth-order valence-electron chi connectivity index (χ4n) is 1.29. The lowest BCUT2D eigenvalue weighted by Crippen LogP contribution is -2.37. The molecule has 0 saturated heterocycles. The van der Waals surface area contributed by atoms with Gasteiger partial charge in [0, 0.05) is 13.1 Å². The molecule has 20 heavy (non-hydrogen) atoms. The molecule has 8 nitrogen and oxygen atoms in total. The van der Waals surface area contributed by atoms with Crippen molar-refractivity contribution in [2.45, 2.75) is 4.90 Å². The van der Waals surface area contributed by atoms with E-state index in [1.165, 1.54) is 12.1 Å². The van der Waals surface area contributed by atoms with E-state index in [0.29, 0.717) is 0 Å². The van der Waals surface area contributed by atoms with Gasteiger partial charge in [0.2, 0.25) is 10.0 Å². The summed E-state index contributed by atoms with van der Waals surface area (Å²) in [5, 5.41) is 10.9. The predicted octanol–water partition coefficient (Wildman–Crippen LogP) is -0.0152. The van der Waals surface area contributed by atoms with E-state index >= 15 is 0 Å². The Morgan fingerprint density at radius 3 is 2.50 bits per heavy atom. The van der Waals surface area contributed by atoms with Crippen LogP contribution in [-0.2, 0) is 10.0 Å².